The molecule has 0 unspecified atom stereocenters. The van der Waals surface area contributed by atoms with Crippen LogP contribution in [-0.2, 0) is 5.33 Å². The van der Waals surface area contributed by atoms with E-state index >= 15 is 0 Å². The third-order valence-corrected chi connectivity index (χ3v) is 2.37. The molecular formula is C10H10BrCl. The van der Waals surface area contributed by atoms with Crippen LogP contribution in [0.5, 0.6) is 0 Å². The van der Waals surface area contributed by atoms with Gasteiger partial charge in [-0.3, -0.25) is 0 Å². The smallest absolute Gasteiger partial charge is 0.0407 e. The molecule has 0 amide bonds. The maximum Gasteiger partial charge on any atom is 0.0407 e. The Morgan fingerprint density at radius 2 is 2.08 bits per heavy atom. The molecule has 0 N–H and O–H groups in total. The van der Waals surface area contributed by atoms with E-state index in [9.17, 15) is 0 Å². The van der Waals surface area contributed by atoms with E-state index in [2.05, 4.69) is 28.1 Å². The summed E-state index contributed by atoms with van der Waals surface area (Å²) in [6.07, 6.45) is 3.99. The Hall–Kier alpha value is -0.270. The first-order chi connectivity index (χ1) is 5.88. The van der Waals surface area contributed by atoms with Crippen molar-refractivity contribution in [1.82, 2.24) is 0 Å². The summed E-state index contributed by atoms with van der Waals surface area (Å²) in [5.74, 6) is 0.566. The van der Waals surface area contributed by atoms with Crippen molar-refractivity contribution < 1.29 is 0 Å². The molecule has 0 aliphatic carbocycles. The van der Waals surface area contributed by atoms with E-state index < -0.39 is 0 Å². The van der Waals surface area contributed by atoms with Crippen molar-refractivity contribution in [1.29, 1.82) is 0 Å². The maximum atomic E-state index is 5.55. The van der Waals surface area contributed by atoms with Crippen molar-refractivity contribution >= 4 is 33.6 Å². The minimum atomic E-state index is 0.566. The summed E-state index contributed by atoms with van der Waals surface area (Å²) in [6, 6.07) is 8.25. The van der Waals surface area contributed by atoms with Gasteiger partial charge in [-0.25, -0.2) is 0 Å². The van der Waals surface area contributed by atoms with E-state index in [4.69, 9.17) is 11.6 Å². The molecule has 0 fully saturated rings. The Labute approximate surface area is 86.4 Å². The molecule has 0 heterocycles. The molecule has 0 aliphatic heterocycles. The standard InChI is InChI=1S/C10H10BrCl/c11-8-10-5-2-1-4-9(10)6-3-7-12/h1-6H,7-8H2. The van der Waals surface area contributed by atoms with E-state index in [0.717, 1.165) is 5.33 Å². The summed E-state index contributed by atoms with van der Waals surface area (Å²) < 4.78 is 0. The zero-order valence-corrected chi connectivity index (χ0v) is 8.98. The molecule has 0 bridgehead atoms. The van der Waals surface area contributed by atoms with Crippen molar-refractivity contribution in [2.24, 2.45) is 0 Å². The molecule has 0 aliphatic rings. The van der Waals surface area contributed by atoms with Crippen molar-refractivity contribution in [3.63, 3.8) is 0 Å². The van der Waals surface area contributed by atoms with Crippen LogP contribution in [0.3, 0.4) is 0 Å². The lowest BCUT2D eigenvalue weighted by atomic mass is 10.1. The molecule has 0 spiro atoms. The fourth-order valence-electron chi connectivity index (χ4n) is 0.990. The van der Waals surface area contributed by atoms with Crippen LogP contribution >= 0.6 is 27.5 Å². The molecule has 1 rings (SSSR count). The van der Waals surface area contributed by atoms with Crippen molar-refractivity contribution in [3.8, 4) is 0 Å². The van der Waals surface area contributed by atoms with Gasteiger partial charge in [-0.1, -0.05) is 52.3 Å². The van der Waals surface area contributed by atoms with Crippen LogP contribution in [-0.4, -0.2) is 5.88 Å². The molecule has 0 nitrogen and oxygen atoms in total. The Balaban J connectivity index is 2.89. The fraction of sp³-hybridized carbons (Fsp3) is 0.200. The molecular weight excluding hydrogens is 235 g/mol. The van der Waals surface area contributed by atoms with Crippen LogP contribution < -0.4 is 0 Å². The van der Waals surface area contributed by atoms with Gasteiger partial charge in [0.2, 0.25) is 0 Å². The van der Waals surface area contributed by atoms with E-state index in [-0.39, 0.29) is 0 Å². The number of hydrogen-bond donors (Lipinski definition) is 0. The fourth-order valence-corrected chi connectivity index (χ4v) is 1.59. The molecule has 0 saturated heterocycles. The average Bonchev–Trinajstić information content (AvgIpc) is 2.15. The summed E-state index contributed by atoms with van der Waals surface area (Å²) in [5.41, 5.74) is 2.52. The van der Waals surface area contributed by atoms with Gasteiger partial charge in [-0.05, 0) is 11.1 Å². The highest BCUT2D eigenvalue weighted by Gasteiger charge is 1.94. The van der Waals surface area contributed by atoms with Gasteiger partial charge in [0.05, 0.1) is 0 Å². The molecule has 2 heteroatoms. The van der Waals surface area contributed by atoms with Gasteiger partial charge in [0.15, 0.2) is 0 Å². The lowest BCUT2D eigenvalue weighted by Gasteiger charge is -1.99. The minimum Gasteiger partial charge on any atom is -0.122 e. The minimum absolute atomic E-state index is 0.566. The van der Waals surface area contributed by atoms with Crippen molar-refractivity contribution in [2.75, 3.05) is 5.88 Å². The third kappa shape index (κ3) is 2.65. The highest BCUT2D eigenvalue weighted by Crippen LogP contribution is 2.13. The van der Waals surface area contributed by atoms with E-state index in [1.165, 1.54) is 11.1 Å². The number of hydrogen-bond acceptors (Lipinski definition) is 0. The highest BCUT2D eigenvalue weighted by molar-refractivity contribution is 9.08. The second kappa shape index (κ2) is 5.39. The molecule has 0 radical (unpaired) electrons. The second-order valence-corrected chi connectivity index (χ2v) is 3.26. The highest BCUT2D eigenvalue weighted by atomic mass is 79.9. The zero-order valence-electron chi connectivity index (χ0n) is 6.63. The normalized spacial score (nSPS) is 10.8. The second-order valence-electron chi connectivity index (χ2n) is 2.39. The predicted octanol–water partition coefficient (Wildman–Crippen LogP) is 3.83. The van der Waals surface area contributed by atoms with Gasteiger partial charge in [-0.2, -0.15) is 0 Å². The number of allylic oxidation sites excluding steroid dienone is 1. The molecule has 1 aromatic rings. The Kier molecular flexibility index (Phi) is 4.41. The van der Waals surface area contributed by atoms with Gasteiger partial charge in [0, 0.05) is 11.2 Å². The monoisotopic (exact) mass is 244 g/mol. The summed E-state index contributed by atoms with van der Waals surface area (Å²) in [5, 5.41) is 0.885. The van der Waals surface area contributed by atoms with Crippen LogP contribution in [0.25, 0.3) is 6.08 Å². The quantitative estimate of drug-likeness (QED) is 0.710. The van der Waals surface area contributed by atoms with E-state index in [0.29, 0.717) is 5.88 Å². The van der Waals surface area contributed by atoms with Gasteiger partial charge in [-0.15, -0.1) is 11.6 Å². The Bertz CT molecular complexity index is 268. The lowest BCUT2D eigenvalue weighted by Crippen LogP contribution is -1.82. The summed E-state index contributed by atoms with van der Waals surface area (Å²) in [4.78, 5) is 0. The van der Waals surface area contributed by atoms with Gasteiger partial charge in [0.1, 0.15) is 0 Å². The maximum absolute atomic E-state index is 5.55. The molecule has 0 atom stereocenters. The van der Waals surface area contributed by atoms with Crippen molar-refractivity contribution in [3.05, 3.63) is 41.5 Å². The molecule has 0 aromatic heterocycles. The van der Waals surface area contributed by atoms with Crippen LogP contribution in [0.4, 0.5) is 0 Å². The number of benzene rings is 1. The van der Waals surface area contributed by atoms with Crippen molar-refractivity contribution in [2.45, 2.75) is 5.33 Å². The topological polar surface area (TPSA) is 0 Å². The largest absolute Gasteiger partial charge is 0.122 e. The lowest BCUT2D eigenvalue weighted by molar-refractivity contribution is 1.41. The predicted molar refractivity (Wildman–Crippen MR) is 58.8 cm³/mol. The van der Waals surface area contributed by atoms with Crippen LogP contribution in [0.2, 0.25) is 0 Å². The number of alkyl halides is 2. The molecule has 1 aromatic carbocycles. The zero-order chi connectivity index (χ0) is 8.81. The van der Waals surface area contributed by atoms with E-state index in [1.807, 2.05) is 24.3 Å². The third-order valence-electron chi connectivity index (χ3n) is 1.59. The van der Waals surface area contributed by atoms with Crippen LogP contribution in [0, 0.1) is 0 Å². The summed E-state index contributed by atoms with van der Waals surface area (Å²) in [6.45, 7) is 0. The van der Waals surface area contributed by atoms with E-state index in [1.54, 1.807) is 0 Å². The Morgan fingerprint density at radius 1 is 1.33 bits per heavy atom. The molecule has 12 heavy (non-hydrogen) atoms. The van der Waals surface area contributed by atoms with Gasteiger partial charge >= 0.3 is 0 Å². The number of rotatable bonds is 3. The SMILES string of the molecule is ClCC=Cc1ccccc1CBr. The van der Waals surface area contributed by atoms with Crippen LogP contribution in [0.1, 0.15) is 11.1 Å². The first-order valence-electron chi connectivity index (χ1n) is 3.75. The Morgan fingerprint density at radius 3 is 2.75 bits per heavy atom. The molecule has 64 valence electrons. The number of halogens is 2. The van der Waals surface area contributed by atoms with Gasteiger partial charge < -0.3 is 0 Å². The van der Waals surface area contributed by atoms with Crippen LogP contribution in [0.15, 0.2) is 30.3 Å². The summed E-state index contributed by atoms with van der Waals surface area (Å²) in [7, 11) is 0. The average molecular weight is 246 g/mol. The molecule has 0 saturated carbocycles. The van der Waals surface area contributed by atoms with Gasteiger partial charge in [0.25, 0.3) is 0 Å². The summed E-state index contributed by atoms with van der Waals surface area (Å²) >= 11 is 8.98. The first kappa shape index (κ1) is 9.82. The first-order valence-corrected chi connectivity index (χ1v) is 5.40.